The highest BCUT2D eigenvalue weighted by molar-refractivity contribution is 6.02. The molecule has 0 atom stereocenters. The highest BCUT2D eigenvalue weighted by atomic mass is 16.5. The number of fused-ring (bicyclic) bond motifs is 1. The number of ketones is 1. The molecule has 2 aromatic carbocycles. The highest BCUT2D eigenvalue weighted by Crippen LogP contribution is 2.34. The summed E-state index contributed by atoms with van der Waals surface area (Å²) in [6.07, 6.45) is 0. The topological polar surface area (TPSA) is 111 Å². The van der Waals surface area contributed by atoms with Gasteiger partial charge in [0.25, 0.3) is 11.8 Å². The van der Waals surface area contributed by atoms with Crippen LogP contribution in [-0.4, -0.2) is 70.0 Å². The van der Waals surface area contributed by atoms with Crippen LogP contribution in [0, 0.1) is 0 Å². The number of carbonyl (C=O) groups excluding carboxylic acids is 3. The second kappa shape index (κ2) is 11.6. The Morgan fingerprint density at radius 2 is 1.86 bits per heavy atom. The van der Waals surface area contributed by atoms with Crippen molar-refractivity contribution < 1.29 is 33.0 Å². The van der Waals surface area contributed by atoms with Crippen LogP contribution < -0.4 is 24.4 Å². The number of ether oxygens (including phenoxy) is 3. The first-order chi connectivity index (χ1) is 17.9. The Balaban J connectivity index is 1.46. The average molecular weight is 508 g/mol. The maximum atomic E-state index is 12.9. The number of methoxy groups -OCH3 is 1. The predicted octanol–water partition coefficient (Wildman–Crippen LogP) is 2.77. The molecule has 0 radical (unpaired) electrons. The molecule has 1 aliphatic heterocycles. The van der Waals surface area contributed by atoms with E-state index < -0.39 is 0 Å². The first-order valence-corrected chi connectivity index (χ1v) is 11.7. The third-order valence-electron chi connectivity index (χ3n) is 5.70. The zero-order chi connectivity index (χ0) is 26.4. The normalized spacial score (nSPS) is 12.6. The summed E-state index contributed by atoms with van der Waals surface area (Å²) in [5, 5.41) is 2.79. The van der Waals surface area contributed by atoms with E-state index in [0.29, 0.717) is 47.3 Å². The molecular weight excluding hydrogens is 478 g/mol. The quantitative estimate of drug-likeness (QED) is 0.395. The van der Waals surface area contributed by atoms with Crippen molar-refractivity contribution in [2.45, 2.75) is 6.54 Å². The smallest absolute Gasteiger partial charge is 0.287 e. The van der Waals surface area contributed by atoms with Crippen molar-refractivity contribution in [3.63, 3.8) is 0 Å². The van der Waals surface area contributed by atoms with Crippen LogP contribution in [0.15, 0.2) is 59.0 Å². The molecule has 10 heteroatoms. The van der Waals surface area contributed by atoms with E-state index in [1.807, 2.05) is 25.1 Å². The Morgan fingerprint density at radius 3 is 2.62 bits per heavy atom. The minimum Gasteiger partial charge on any atom is -0.493 e. The van der Waals surface area contributed by atoms with Crippen molar-refractivity contribution in [1.29, 1.82) is 0 Å². The first kappa shape index (κ1) is 25.8. The van der Waals surface area contributed by atoms with Crippen LogP contribution in [0.25, 0.3) is 0 Å². The molecule has 1 aliphatic rings. The monoisotopic (exact) mass is 507 g/mol. The second-order valence-electron chi connectivity index (χ2n) is 8.64. The zero-order valence-electron chi connectivity index (χ0n) is 21.0. The van der Waals surface area contributed by atoms with Crippen molar-refractivity contribution in [2.24, 2.45) is 0 Å². The fourth-order valence-corrected chi connectivity index (χ4v) is 3.73. The number of nitrogens with zero attached hydrogens (tertiary/aromatic N) is 2. The summed E-state index contributed by atoms with van der Waals surface area (Å²) >= 11 is 0. The number of para-hydroxylation sites is 2. The highest BCUT2D eigenvalue weighted by Gasteiger charge is 2.28. The summed E-state index contributed by atoms with van der Waals surface area (Å²) in [6.45, 7) is 0.905. The SMILES string of the molecule is COc1ccccc1OCC(=O)c1ccc2c(c1)N(Cc1ccc(C(=O)NCCN(C)C)o1)C(=O)CO2. The molecule has 0 aliphatic carbocycles. The van der Waals surface area contributed by atoms with Crippen LogP contribution in [0.5, 0.6) is 17.2 Å². The predicted molar refractivity (Wildman–Crippen MR) is 136 cm³/mol. The Labute approximate surface area is 214 Å². The van der Waals surface area contributed by atoms with E-state index in [1.165, 1.54) is 12.0 Å². The summed E-state index contributed by atoms with van der Waals surface area (Å²) in [5.41, 5.74) is 0.796. The van der Waals surface area contributed by atoms with Gasteiger partial charge in [0.15, 0.2) is 36.3 Å². The molecule has 0 bridgehead atoms. The van der Waals surface area contributed by atoms with E-state index in [1.54, 1.807) is 48.5 Å². The lowest BCUT2D eigenvalue weighted by Gasteiger charge is -2.29. The standard InChI is InChI=1S/C27H29N3O7/c1-29(2)13-12-28-27(33)25-11-9-19(37-25)15-30-20-14-18(8-10-22(20)36-17-26(30)32)21(31)16-35-24-7-5-4-6-23(24)34-3/h4-11,14H,12-13,15-17H2,1-3H3,(H,28,33). The number of amides is 2. The van der Waals surface area contributed by atoms with Crippen molar-refractivity contribution in [2.75, 3.05) is 52.4 Å². The van der Waals surface area contributed by atoms with Gasteiger partial charge in [0.2, 0.25) is 0 Å². The van der Waals surface area contributed by atoms with Crippen LogP contribution in [0.2, 0.25) is 0 Å². The first-order valence-electron chi connectivity index (χ1n) is 11.7. The minimum absolute atomic E-state index is 0.0789. The van der Waals surface area contributed by atoms with Crippen molar-refractivity contribution in [3.8, 4) is 17.2 Å². The molecule has 194 valence electrons. The molecule has 3 aromatic rings. The number of carbonyl (C=O) groups is 3. The fourth-order valence-electron chi connectivity index (χ4n) is 3.73. The van der Waals surface area contributed by atoms with Crippen LogP contribution in [-0.2, 0) is 11.3 Å². The lowest BCUT2D eigenvalue weighted by Crippen LogP contribution is -2.38. The average Bonchev–Trinajstić information content (AvgIpc) is 3.37. The van der Waals surface area contributed by atoms with E-state index in [2.05, 4.69) is 5.32 Å². The number of hydrogen-bond acceptors (Lipinski definition) is 8. The van der Waals surface area contributed by atoms with Gasteiger partial charge in [-0.3, -0.25) is 19.3 Å². The summed E-state index contributed by atoms with van der Waals surface area (Å²) < 4.78 is 22.2. The largest absolute Gasteiger partial charge is 0.493 e. The number of rotatable bonds is 11. The zero-order valence-corrected chi connectivity index (χ0v) is 21.0. The number of anilines is 1. The lowest BCUT2D eigenvalue weighted by molar-refractivity contribution is -0.121. The Hall–Kier alpha value is -4.31. The Morgan fingerprint density at radius 1 is 1.08 bits per heavy atom. The molecule has 4 rings (SSSR count). The fraction of sp³-hybridized carbons (Fsp3) is 0.296. The van der Waals surface area contributed by atoms with Crippen LogP contribution >= 0.6 is 0 Å². The van der Waals surface area contributed by atoms with Crippen LogP contribution in [0.4, 0.5) is 5.69 Å². The van der Waals surface area contributed by atoms with Crippen LogP contribution in [0.1, 0.15) is 26.7 Å². The molecule has 0 spiro atoms. The van der Waals surface area contributed by atoms with E-state index >= 15 is 0 Å². The van der Waals surface area contributed by atoms with Gasteiger partial charge >= 0.3 is 0 Å². The molecular formula is C27H29N3O7. The number of nitrogens with one attached hydrogen (secondary N) is 1. The second-order valence-corrected chi connectivity index (χ2v) is 8.64. The van der Waals surface area contributed by atoms with Gasteiger partial charge in [0, 0.05) is 18.7 Å². The Kier molecular flexibility index (Phi) is 8.09. The van der Waals surface area contributed by atoms with E-state index in [4.69, 9.17) is 18.6 Å². The summed E-state index contributed by atoms with van der Waals surface area (Å²) in [5.74, 6) is 1.13. The molecule has 1 N–H and O–H groups in total. The lowest BCUT2D eigenvalue weighted by atomic mass is 10.1. The number of Topliss-reactive ketones (excluding diaryl/α,β-unsaturated/α-hetero) is 1. The van der Waals surface area contributed by atoms with Crippen LogP contribution in [0.3, 0.4) is 0 Å². The molecule has 0 saturated heterocycles. The molecule has 37 heavy (non-hydrogen) atoms. The minimum atomic E-state index is -0.329. The van der Waals surface area contributed by atoms with E-state index in [0.717, 1.165) is 0 Å². The molecule has 2 amide bonds. The van der Waals surface area contributed by atoms with Crippen molar-refractivity contribution in [1.82, 2.24) is 10.2 Å². The van der Waals surface area contributed by atoms with Crippen molar-refractivity contribution in [3.05, 3.63) is 71.7 Å². The van der Waals surface area contributed by atoms with Gasteiger partial charge in [-0.05, 0) is 56.6 Å². The molecule has 2 heterocycles. The number of furan rings is 1. The van der Waals surface area contributed by atoms with E-state index in [9.17, 15) is 14.4 Å². The summed E-state index contributed by atoms with van der Waals surface area (Å²) in [6, 6.07) is 15.2. The van der Waals surface area contributed by atoms with Gasteiger partial charge in [-0.25, -0.2) is 0 Å². The third kappa shape index (κ3) is 6.28. The van der Waals surface area contributed by atoms with Gasteiger partial charge in [-0.1, -0.05) is 12.1 Å². The molecule has 10 nitrogen and oxygen atoms in total. The molecule has 0 saturated carbocycles. The third-order valence-corrected chi connectivity index (χ3v) is 5.70. The van der Waals surface area contributed by atoms with Crippen molar-refractivity contribution >= 4 is 23.3 Å². The van der Waals surface area contributed by atoms with Gasteiger partial charge in [0.1, 0.15) is 11.5 Å². The number of hydrogen-bond donors (Lipinski definition) is 1. The molecule has 1 aromatic heterocycles. The summed E-state index contributed by atoms with van der Waals surface area (Å²) in [7, 11) is 5.36. The molecule has 0 fully saturated rings. The molecule has 0 unspecified atom stereocenters. The van der Waals surface area contributed by atoms with Gasteiger partial charge in [0.05, 0.1) is 19.3 Å². The van der Waals surface area contributed by atoms with Gasteiger partial charge < -0.3 is 28.8 Å². The maximum absolute atomic E-state index is 12.9. The summed E-state index contributed by atoms with van der Waals surface area (Å²) in [4.78, 5) is 41.4. The number of benzene rings is 2. The number of likely N-dealkylation sites (N-methyl/N-ethyl adjacent to an activating group) is 1. The van der Waals surface area contributed by atoms with Gasteiger partial charge in [-0.15, -0.1) is 0 Å². The Bertz CT molecular complexity index is 1280. The van der Waals surface area contributed by atoms with Gasteiger partial charge in [-0.2, -0.15) is 0 Å². The maximum Gasteiger partial charge on any atom is 0.287 e. The van der Waals surface area contributed by atoms with E-state index in [-0.39, 0.29) is 43.1 Å².